The summed E-state index contributed by atoms with van der Waals surface area (Å²) in [5.41, 5.74) is 0.954. The second kappa shape index (κ2) is 19.1. The molecule has 0 aromatic rings. The van der Waals surface area contributed by atoms with Crippen LogP contribution in [0.1, 0.15) is 96.8 Å². The molecule has 0 radical (unpaired) electrons. The highest BCUT2D eigenvalue weighted by Gasteiger charge is 1.95. The Bertz CT molecular complexity index is 228. The van der Waals surface area contributed by atoms with E-state index in [0.29, 0.717) is 0 Å². The molecule has 0 unspecified atom stereocenters. The fourth-order valence-electron chi connectivity index (χ4n) is 2.66. The van der Waals surface area contributed by atoms with E-state index in [4.69, 9.17) is 5.11 Å². The predicted molar refractivity (Wildman–Crippen MR) is 104 cm³/mol. The molecule has 0 fully saturated rings. The van der Waals surface area contributed by atoms with Gasteiger partial charge in [-0.1, -0.05) is 97.0 Å². The third-order valence-electron chi connectivity index (χ3n) is 4.17. The molecular formula is C20H40OS. The van der Waals surface area contributed by atoms with Crippen molar-refractivity contribution in [2.24, 2.45) is 0 Å². The molecule has 2 heteroatoms. The molecule has 22 heavy (non-hydrogen) atoms. The molecule has 0 bridgehead atoms. The summed E-state index contributed by atoms with van der Waals surface area (Å²) in [6.45, 7) is 6.24. The Morgan fingerprint density at radius 3 is 1.55 bits per heavy atom. The van der Waals surface area contributed by atoms with Crippen molar-refractivity contribution in [1.82, 2.24) is 0 Å². The first-order valence-corrected chi connectivity index (χ1v) is 10.8. The van der Waals surface area contributed by atoms with Gasteiger partial charge < -0.3 is 5.11 Å². The quantitative estimate of drug-likeness (QED) is 0.222. The summed E-state index contributed by atoms with van der Waals surface area (Å²) in [6, 6.07) is 0. The fraction of sp³-hybridized carbons (Fsp3) is 0.900. The summed E-state index contributed by atoms with van der Waals surface area (Å²) in [5, 5.41) is 8.85. The molecule has 1 N–H and O–H groups in total. The predicted octanol–water partition coefficient (Wildman–Crippen LogP) is 6.75. The van der Waals surface area contributed by atoms with Crippen LogP contribution in [0.2, 0.25) is 0 Å². The maximum Gasteiger partial charge on any atom is 0.0647 e. The first kappa shape index (κ1) is 22.1. The van der Waals surface area contributed by atoms with Gasteiger partial charge in [0.25, 0.3) is 0 Å². The van der Waals surface area contributed by atoms with E-state index >= 15 is 0 Å². The highest BCUT2D eigenvalue weighted by atomic mass is 32.2. The number of hydrogen-bond donors (Lipinski definition) is 1. The van der Waals surface area contributed by atoms with Crippen molar-refractivity contribution in [3.8, 4) is 0 Å². The molecule has 0 aliphatic rings. The molecule has 0 spiro atoms. The number of hydrogen-bond acceptors (Lipinski definition) is 2. The van der Waals surface area contributed by atoms with E-state index < -0.39 is 0 Å². The summed E-state index contributed by atoms with van der Waals surface area (Å²) >= 11 is 1.91. The first-order valence-electron chi connectivity index (χ1n) is 9.66. The summed E-state index contributed by atoms with van der Waals surface area (Å²) in [5.74, 6) is 2.14. The minimum Gasteiger partial charge on any atom is -0.392 e. The standard InChI is InChI=1S/C20H40OS/c1-3-4-5-6-7-8-9-10-11-12-13-14-15-16-17-22-19-20(2)18-21/h21H,2-19H2,1H3. The topological polar surface area (TPSA) is 20.2 Å². The van der Waals surface area contributed by atoms with E-state index in [2.05, 4.69) is 13.5 Å². The van der Waals surface area contributed by atoms with Crippen molar-refractivity contribution >= 4 is 11.8 Å². The van der Waals surface area contributed by atoms with E-state index in [-0.39, 0.29) is 6.61 Å². The van der Waals surface area contributed by atoms with E-state index in [1.807, 2.05) is 11.8 Å². The van der Waals surface area contributed by atoms with E-state index in [1.54, 1.807) is 0 Å². The van der Waals surface area contributed by atoms with Crippen LogP contribution in [0.25, 0.3) is 0 Å². The second-order valence-electron chi connectivity index (χ2n) is 6.56. The molecule has 0 aliphatic heterocycles. The molecule has 0 saturated carbocycles. The van der Waals surface area contributed by atoms with Crippen molar-refractivity contribution in [2.75, 3.05) is 18.1 Å². The van der Waals surface area contributed by atoms with Gasteiger partial charge in [0.2, 0.25) is 0 Å². The lowest BCUT2D eigenvalue weighted by atomic mass is 10.0. The van der Waals surface area contributed by atoms with E-state index in [9.17, 15) is 0 Å². The molecule has 0 heterocycles. The molecule has 0 aromatic carbocycles. The van der Waals surface area contributed by atoms with Crippen LogP contribution in [-0.4, -0.2) is 23.2 Å². The number of rotatable bonds is 18. The maximum atomic E-state index is 8.85. The van der Waals surface area contributed by atoms with Crippen molar-refractivity contribution in [3.63, 3.8) is 0 Å². The van der Waals surface area contributed by atoms with Crippen LogP contribution in [0.5, 0.6) is 0 Å². The van der Waals surface area contributed by atoms with Crippen LogP contribution in [0, 0.1) is 0 Å². The van der Waals surface area contributed by atoms with Crippen LogP contribution < -0.4 is 0 Å². The zero-order valence-corrected chi connectivity index (χ0v) is 15.9. The zero-order chi connectivity index (χ0) is 16.3. The zero-order valence-electron chi connectivity index (χ0n) is 15.1. The number of aliphatic hydroxyl groups excluding tert-OH is 1. The molecule has 0 amide bonds. The average Bonchev–Trinajstić information content (AvgIpc) is 2.54. The molecule has 0 aliphatic carbocycles. The Balaban J connectivity index is 2.98. The van der Waals surface area contributed by atoms with E-state index in [0.717, 1.165) is 11.3 Å². The normalized spacial score (nSPS) is 11.0. The Morgan fingerprint density at radius 2 is 1.14 bits per heavy atom. The third kappa shape index (κ3) is 18.1. The van der Waals surface area contributed by atoms with Crippen LogP contribution in [0.4, 0.5) is 0 Å². The lowest BCUT2D eigenvalue weighted by Gasteiger charge is -2.04. The van der Waals surface area contributed by atoms with E-state index in [1.165, 1.54) is 95.6 Å². The molecule has 132 valence electrons. The van der Waals surface area contributed by atoms with Crippen LogP contribution in [0.15, 0.2) is 12.2 Å². The minimum absolute atomic E-state index is 0.145. The molecule has 0 rings (SSSR count). The lowest BCUT2D eigenvalue weighted by molar-refractivity contribution is 0.332. The summed E-state index contributed by atoms with van der Waals surface area (Å²) < 4.78 is 0. The fourth-order valence-corrected chi connectivity index (χ4v) is 3.59. The van der Waals surface area contributed by atoms with Gasteiger partial charge in [-0.2, -0.15) is 11.8 Å². The SMILES string of the molecule is C=C(CO)CSCCCCCCCCCCCCCCCC. The molecule has 1 nitrogen and oxygen atoms in total. The van der Waals surface area contributed by atoms with Gasteiger partial charge in [0, 0.05) is 5.75 Å². The van der Waals surface area contributed by atoms with Crippen LogP contribution >= 0.6 is 11.8 Å². The van der Waals surface area contributed by atoms with Crippen molar-refractivity contribution < 1.29 is 5.11 Å². The number of aliphatic hydroxyl groups is 1. The Hall–Kier alpha value is 0.0500. The second-order valence-corrected chi connectivity index (χ2v) is 7.66. The number of unbranched alkanes of at least 4 members (excludes halogenated alkanes) is 13. The smallest absolute Gasteiger partial charge is 0.0647 e. The molecule has 0 aromatic heterocycles. The van der Waals surface area contributed by atoms with Crippen molar-refractivity contribution in [2.45, 2.75) is 96.8 Å². The van der Waals surface area contributed by atoms with Gasteiger partial charge in [-0.25, -0.2) is 0 Å². The minimum atomic E-state index is 0.145. The monoisotopic (exact) mass is 328 g/mol. The number of thioether (sulfide) groups is 1. The van der Waals surface area contributed by atoms with Gasteiger partial charge >= 0.3 is 0 Å². The lowest BCUT2D eigenvalue weighted by Crippen LogP contribution is -1.92. The van der Waals surface area contributed by atoms with Gasteiger partial charge in [-0.15, -0.1) is 0 Å². The van der Waals surface area contributed by atoms with Crippen molar-refractivity contribution in [3.05, 3.63) is 12.2 Å². The van der Waals surface area contributed by atoms with Gasteiger partial charge in [0.1, 0.15) is 0 Å². The summed E-state index contributed by atoms with van der Waals surface area (Å²) in [4.78, 5) is 0. The molecule has 0 saturated heterocycles. The largest absolute Gasteiger partial charge is 0.392 e. The van der Waals surface area contributed by atoms with Crippen molar-refractivity contribution in [1.29, 1.82) is 0 Å². The average molecular weight is 329 g/mol. The maximum absolute atomic E-state index is 8.85. The Morgan fingerprint density at radius 1 is 0.727 bits per heavy atom. The molecule has 0 atom stereocenters. The summed E-state index contributed by atoms with van der Waals surface area (Å²) in [7, 11) is 0. The van der Waals surface area contributed by atoms with Crippen LogP contribution in [-0.2, 0) is 0 Å². The van der Waals surface area contributed by atoms with Gasteiger partial charge in [-0.3, -0.25) is 0 Å². The van der Waals surface area contributed by atoms with Gasteiger partial charge in [0.15, 0.2) is 0 Å². The van der Waals surface area contributed by atoms with Crippen LogP contribution in [0.3, 0.4) is 0 Å². The first-order chi connectivity index (χ1) is 10.8. The van der Waals surface area contributed by atoms with Gasteiger partial charge in [0.05, 0.1) is 6.61 Å². The molecular weight excluding hydrogens is 288 g/mol. The van der Waals surface area contributed by atoms with Gasteiger partial charge in [-0.05, 0) is 17.7 Å². The Kier molecular flexibility index (Phi) is 19.1. The summed E-state index contributed by atoms with van der Waals surface area (Å²) in [6.07, 6.45) is 19.9. The third-order valence-corrected chi connectivity index (χ3v) is 5.36. The Labute approximate surface area is 144 Å². The highest BCUT2D eigenvalue weighted by Crippen LogP contribution is 2.14. The highest BCUT2D eigenvalue weighted by molar-refractivity contribution is 7.99.